The van der Waals surface area contributed by atoms with Crippen molar-refractivity contribution < 1.29 is 14.3 Å². The second-order valence-electron chi connectivity index (χ2n) is 7.07. The minimum absolute atomic E-state index is 0.160. The zero-order valence-corrected chi connectivity index (χ0v) is 16.8. The van der Waals surface area contributed by atoms with E-state index in [0.29, 0.717) is 25.6 Å². The SMILES string of the molecule is CN(C)C(=O)[C@H]1CN(c2ncc(Br)cn2)CCN1C(=O)OC(C)(C)C. The molecule has 138 valence electrons. The van der Waals surface area contributed by atoms with Gasteiger partial charge in [-0.15, -0.1) is 0 Å². The number of anilines is 1. The Labute approximate surface area is 156 Å². The van der Waals surface area contributed by atoms with Crippen molar-refractivity contribution in [3.63, 3.8) is 0 Å². The molecular formula is C16H24BrN5O3. The molecule has 0 bridgehead atoms. The average Bonchev–Trinajstić information content (AvgIpc) is 2.52. The highest BCUT2D eigenvalue weighted by atomic mass is 79.9. The molecule has 25 heavy (non-hydrogen) atoms. The molecule has 1 aliphatic heterocycles. The third-order valence-corrected chi connectivity index (χ3v) is 4.03. The van der Waals surface area contributed by atoms with Crippen LogP contribution in [0.15, 0.2) is 16.9 Å². The Morgan fingerprint density at radius 3 is 2.36 bits per heavy atom. The summed E-state index contributed by atoms with van der Waals surface area (Å²) in [5.74, 6) is 0.372. The van der Waals surface area contributed by atoms with E-state index in [1.54, 1.807) is 47.3 Å². The molecule has 1 fully saturated rings. The van der Waals surface area contributed by atoms with Crippen LogP contribution in [0.25, 0.3) is 0 Å². The van der Waals surface area contributed by atoms with Crippen molar-refractivity contribution in [3.05, 3.63) is 16.9 Å². The first-order chi connectivity index (χ1) is 11.6. The summed E-state index contributed by atoms with van der Waals surface area (Å²) in [5.41, 5.74) is -0.616. The number of nitrogens with zero attached hydrogens (tertiary/aromatic N) is 5. The lowest BCUT2D eigenvalue weighted by Crippen LogP contribution is -2.61. The van der Waals surface area contributed by atoms with E-state index in [9.17, 15) is 9.59 Å². The maximum Gasteiger partial charge on any atom is 0.411 e. The minimum atomic E-state index is -0.647. The Hall–Kier alpha value is -1.90. The smallest absolute Gasteiger partial charge is 0.411 e. The molecule has 9 heteroatoms. The first kappa shape index (κ1) is 19.4. The van der Waals surface area contributed by atoms with Gasteiger partial charge < -0.3 is 14.5 Å². The van der Waals surface area contributed by atoms with Crippen LogP contribution < -0.4 is 4.90 Å². The van der Waals surface area contributed by atoms with Crippen LogP contribution in [0, 0.1) is 0 Å². The molecule has 0 spiro atoms. The molecule has 1 saturated heterocycles. The van der Waals surface area contributed by atoms with Crippen LogP contribution >= 0.6 is 15.9 Å². The summed E-state index contributed by atoms with van der Waals surface area (Å²) in [6, 6.07) is -0.647. The fourth-order valence-electron chi connectivity index (χ4n) is 2.48. The van der Waals surface area contributed by atoms with Gasteiger partial charge in [-0.3, -0.25) is 9.69 Å². The molecule has 8 nitrogen and oxygen atoms in total. The highest BCUT2D eigenvalue weighted by Crippen LogP contribution is 2.20. The van der Waals surface area contributed by atoms with Gasteiger partial charge in [0.25, 0.3) is 0 Å². The van der Waals surface area contributed by atoms with Crippen molar-refractivity contribution in [2.24, 2.45) is 0 Å². The van der Waals surface area contributed by atoms with Crippen LogP contribution in [-0.4, -0.2) is 77.1 Å². The molecule has 0 aromatic carbocycles. The van der Waals surface area contributed by atoms with Gasteiger partial charge in [-0.2, -0.15) is 0 Å². The first-order valence-electron chi connectivity index (χ1n) is 8.02. The fraction of sp³-hybridized carbons (Fsp3) is 0.625. The number of halogens is 1. The van der Waals surface area contributed by atoms with E-state index in [-0.39, 0.29) is 5.91 Å². The number of likely N-dealkylation sites (N-methyl/N-ethyl adjacent to an activating group) is 1. The number of piperazine rings is 1. The van der Waals surface area contributed by atoms with Gasteiger partial charge in [-0.25, -0.2) is 14.8 Å². The Morgan fingerprint density at radius 1 is 1.24 bits per heavy atom. The number of hydrogen-bond donors (Lipinski definition) is 0. The second-order valence-corrected chi connectivity index (χ2v) is 7.99. The lowest BCUT2D eigenvalue weighted by atomic mass is 10.1. The quantitative estimate of drug-likeness (QED) is 0.734. The largest absolute Gasteiger partial charge is 0.444 e. The van der Waals surface area contributed by atoms with Gasteiger partial charge in [0.1, 0.15) is 11.6 Å². The Kier molecular flexibility index (Phi) is 5.87. The lowest BCUT2D eigenvalue weighted by molar-refractivity contribution is -0.134. The highest BCUT2D eigenvalue weighted by molar-refractivity contribution is 9.10. The summed E-state index contributed by atoms with van der Waals surface area (Å²) in [6.45, 7) is 6.62. The second kappa shape index (κ2) is 7.55. The van der Waals surface area contributed by atoms with Crippen LogP contribution in [0.1, 0.15) is 20.8 Å². The van der Waals surface area contributed by atoms with Gasteiger partial charge in [0.15, 0.2) is 0 Å². The molecule has 0 radical (unpaired) electrons. The number of carbonyl (C=O) groups excluding carboxylic acids is 2. The summed E-state index contributed by atoms with van der Waals surface area (Å²) in [4.78, 5) is 38.6. The number of carbonyl (C=O) groups is 2. The predicted molar refractivity (Wildman–Crippen MR) is 97.4 cm³/mol. The minimum Gasteiger partial charge on any atom is -0.444 e. The highest BCUT2D eigenvalue weighted by Gasteiger charge is 2.38. The van der Waals surface area contributed by atoms with E-state index in [1.165, 1.54) is 9.80 Å². The molecule has 1 atom stereocenters. The molecule has 1 aliphatic rings. The van der Waals surface area contributed by atoms with Gasteiger partial charge in [0.2, 0.25) is 11.9 Å². The van der Waals surface area contributed by atoms with Crippen molar-refractivity contribution in [2.75, 3.05) is 38.6 Å². The number of hydrogen-bond acceptors (Lipinski definition) is 6. The number of amides is 2. The third-order valence-electron chi connectivity index (χ3n) is 3.62. The lowest BCUT2D eigenvalue weighted by Gasteiger charge is -2.41. The standard InChI is InChI=1S/C16H24BrN5O3/c1-16(2,3)25-15(24)22-7-6-21(10-12(22)13(23)20(4)5)14-18-8-11(17)9-19-14/h8-9,12H,6-7,10H2,1-5H3/t12-/m1/s1. The summed E-state index contributed by atoms with van der Waals surface area (Å²) in [7, 11) is 3.34. The molecule has 0 unspecified atom stereocenters. The molecule has 1 aromatic heterocycles. The maximum atomic E-state index is 12.6. The zero-order chi connectivity index (χ0) is 18.8. The zero-order valence-electron chi connectivity index (χ0n) is 15.2. The molecule has 0 N–H and O–H groups in total. The molecule has 2 amide bonds. The van der Waals surface area contributed by atoms with Crippen LogP contribution in [0.5, 0.6) is 0 Å². The van der Waals surface area contributed by atoms with E-state index in [1.807, 2.05) is 4.90 Å². The van der Waals surface area contributed by atoms with Crippen molar-refractivity contribution in [3.8, 4) is 0 Å². The predicted octanol–water partition coefficient (Wildman–Crippen LogP) is 1.75. The Balaban J connectivity index is 2.21. The Bertz CT molecular complexity index is 630. The monoisotopic (exact) mass is 413 g/mol. The summed E-state index contributed by atoms with van der Waals surface area (Å²) in [5, 5.41) is 0. The van der Waals surface area contributed by atoms with Gasteiger partial charge in [0.05, 0.1) is 11.0 Å². The third kappa shape index (κ3) is 5.04. The van der Waals surface area contributed by atoms with E-state index < -0.39 is 17.7 Å². The van der Waals surface area contributed by atoms with E-state index >= 15 is 0 Å². The molecule has 2 heterocycles. The van der Waals surface area contributed by atoms with E-state index in [0.717, 1.165) is 4.47 Å². The van der Waals surface area contributed by atoms with Gasteiger partial charge in [-0.1, -0.05) is 0 Å². The summed E-state index contributed by atoms with van der Waals surface area (Å²) >= 11 is 3.31. The van der Waals surface area contributed by atoms with Crippen molar-refractivity contribution in [2.45, 2.75) is 32.4 Å². The van der Waals surface area contributed by atoms with Crippen LogP contribution in [-0.2, 0) is 9.53 Å². The van der Waals surface area contributed by atoms with Crippen molar-refractivity contribution in [1.82, 2.24) is 19.8 Å². The number of rotatable bonds is 2. The molecule has 0 aliphatic carbocycles. The Morgan fingerprint density at radius 2 is 1.84 bits per heavy atom. The van der Waals surface area contributed by atoms with E-state index in [2.05, 4.69) is 25.9 Å². The first-order valence-corrected chi connectivity index (χ1v) is 8.81. The van der Waals surface area contributed by atoms with Crippen LogP contribution in [0.4, 0.5) is 10.7 Å². The molecule has 2 rings (SSSR count). The fourth-order valence-corrected chi connectivity index (χ4v) is 2.69. The van der Waals surface area contributed by atoms with Crippen LogP contribution in [0.2, 0.25) is 0 Å². The summed E-state index contributed by atoms with van der Waals surface area (Å²) in [6.07, 6.45) is 2.83. The van der Waals surface area contributed by atoms with Crippen molar-refractivity contribution >= 4 is 33.9 Å². The van der Waals surface area contributed by atoms with Gasteiger partial charge >= 0.3 is 6.09 Å². The van der Waals surface area contributed by atoms with Crippen molar-refractivity contribution in [1.29, 1.82) is 0 Å². The van der Waals surface area contributed by atoms with Gasteiger partial charge in [-0.05, 0) is 36.7 Å². The van der Waals surface area contributed by atoms with Crippen LogP contribution in [0.3, 0.4) is 0 Å². The topological polar surface area (TPSA) is 78.9 Å². The number of aromatic nitrogens is 2. The average molecular weight is 414 g/mol. The normalized spacial score (nSPS) is 18.1. The number of ether oxygens (including phenoxy) is 1. The molecule has 0 saturated carbocycles. The molecular weight excluding hydrogens is 390 g/mol. The van der Waals surface area contributed by atoms with E-state index in [4.69, 9.17) is 4.74 Å². The van der Waals surface area contributed by atoms with Gasteiger partial charge in [0, 0.05) is 39.6 Å². The molecule has 1 aromatic rings. The summed E-state index contributed by atoms with van der Waals surface area (Å²) < 4.78 is 6.24. The maximum absolute atomic E-state index is 12.6.